The molecular formula is C31H32N2O4S2. The van der Waals surface area contributed by atoms with Crippen LogP contribution in [0.1, 0.15) is 40.3 Å². The van der Waals surface area contributed by atoms with Crippen molar-refractivity contribution in [2.45, 2.75) is 41.5 Å². The van der Waals surface area contributed by atoms with Gasteiger partial charge in [0.15, 0.2) is 22.4 Å². The van der Waals surface area contributed by atoms with E-state index in [1.165, 1.54) is 11.8 Å². The number of thioether (sulfide) groups is 1. The Bertz CT molecular complexity index is 1470. The van der Waals surface area contributed by atoms with E-state index in [4.69, 9.17) is 21.7 Å². The van der Waals surface area contributed by atoms with Crippen LogP contribution in [-0.4, -0.2) is 29.3 Å². The lowest BCUT2D eigenvalue weighted by atomic mass is 10.1. The number of hydrogen-bond donors (Lipinski definition) is 1. The van der Waals surface area contributed by atoms with Crippen molar-refractivity contribution in [1.29, 1.82) is 0 Å². The van der Waals surface area contributed by atoms with E-state index in [0.717, 1.165) is 44.8 Å². The lowest BCUT2D eigenvalue weighted by Gasteiger charge is -2.16. The van der Waals surface area contributed by atoms with Crippen LogP contribution in [0, 0.1) is 34.6 Å². The van der Waals surface area contributed by atoms with Gasteiger partial charge in [0, 0.05) is 5.69 Å². The summed E-state index contributed by atoms with van der Waals surface area (Å²) in [5.41, 5.74) is 7.73. The minimum absolute atomic E-state index is 0.162. The van der Waals surface area contributed by atoms with E-state index < -0.39 is 0 Å². The number of ether oxygens (including phenoxy) is 2. The van der Waals surface area contributed by atoms with Gasteiger partial charge in [0.1, 0.15) is 0 Å². The summed E-state index contributed by atoms with van der Waals surface area (Å²) in [5, 5.41) is 2.95. The van der Waals surface area contributed by atoms with Crippen LogP contribution < -0.4 is 19.7 Å². The first-order valence-electron chi connectivity index (χ1n) is 12.7. The zero-order chi connectivity index (χ0) is 28.3. The van der Waals surface area contributed by atoms with E-state index in [1.54, 1.807) is 23.1 Å². The van der Waals surface area contributed by atoms with Gasteiger partial charge in [-0.1, -0.05) is 53.8 Å². The van der Waals surface area contributed by atoms with Crippen molar-refractivity contribution in [2.24, 2.45) is 0 Å². The smallest absolute Gasteiger partial charge is 0.270 e. The third kappa shape index (κ3) is 6.52. The van der Waals surface area contributed by atoms with Crippen molar-refractivity contribution in [3.8, 4) is 11.5 Å². The second kappa shape index (κ2) is 12.1. The fraction of sp³-hybridized carbons (Fsp3) is 0.258. The number of rotatable bonds is 8. The number of aryl methyl sites for hydroxylation is 5. The first kappa shape index (κ1) is 28.4. The number of anilines is 2. The highest BCUT2D eigenvalue weighted by atomic mass is 32.2. The van der Waals surface area contributed by atoms with Crippen molar-refractivity contribution >= 4 is 57.6 Å². The van der Waals surface area contributed by atoms with Gasteiger partial charge < -0.3 is 14.8 Å². The molecule has 3 aromatic rings. The van der Waals surface area contributed by atoms with E-state index in [2.05, 4.69) is 5.32 Å². The average Bonchev–Trinajstić information content (AvgIpc) is 3.15. The molecular weight excluding hydrogens is 528 g/mol. The molecule has 0 radical (unpaired) electrons. The highest BCUT2D eigenvalue weighted by molar-refractivity contribution is 8.27. The number of carbonyl (C=O) groups excluding carboxylic acids is 2. The average molecular weight is 561 g/mol. The second-order valence-corrected chi connectivity index (χ2v) is 11.2. The van der Waals surface area contributed by atoms with Crippen LogP contribution in [0.5, 0.6) is 11.5 Å². The van der Waals surface area contributed by atoms with Crippen LogP contribution in [0.15, 0.2) is 53.4 Å². The van der Waals surface area contributed by atoms with Gasteiger partial charge >= 0.3 is 0 Å². The summed E-state index contributed by atoms with van der Waals surface area (Å²) in [7, 11) is 0. The molecule has 0 aliphatic carbocycles. The molecule has 1 saturated heterocycles. The number of carbonyl (C=O) groups is 2. The molecule has 2 amide bonds. The van der Waals surface area contributed by atoms with E-state index >= 15 is 0 Å². The minimum Gasteiger partial charge on any atom is -0.490 e. The summed E-state index contributed by atoms with van der Waals surface area (Å²) in [5.74, 6) is 0.520. The predicted molar refractivity (Wildman–Crippen MR) is 164 cm³/mol. The number of benzene rings is 3. The summed E-state index contributed by atoms with van der Waals surface area (Å²) >= 11 is 6.80. The maximum atomic E-state index is 13.2. The van der Waals surface area contributed by atoms with Crippen LogP contribution in [-0.2, 0) is 9.59 Å². The van der Waals surface area contributed by atoms with E-state index in [1.807, 2.05) is 77.9 Å². The van der Waals surface area contributed by atoms with Crippen LogP contribution in [0.25, 0.3) is 6.08 Å². The predicted octanol–water partition coefficient (Wildman–Crippen LogP) is 7.05. The van der Waals surface area contributed by atoms with Crippen molar-refractivity contribution in [1.82, 2.24) is 0 Å². The Labute approximate surface area is 239 Å². The Kier molecular flexibility index (Phi) is 8.77. The van der Waals surface area contributed by atoms with Gasteiger partial charge in [-0.15, -0.1) is 0 Å². The molecule has 0 saturated carbocycles. The molecule has 1 N–H and O–H groups in total. The summed E-state index contributed by atoms with van der Waals surface area (Å²) in [6, 6.07) is 15.3. The summed E-state index contributed by atoms with van der Waals surface area (Å²) < 4.78 is 12.1. The Hall–Kier alpha value is -3.62. The Balaban J connectivity index is 1.49. The molecule has 6 nitrogen and oxygen atoms in total. The number of hydrogen-bond acceptors (Lipinski definition) is 6. The Morgan fingerprint density at radius 3 is 2.31 bits per heavy atom. The second-order valence-electron chi connectivity index (χ2n) is 9.54. The molecule has 39 heavy (non-hydrogen) atoms. The lowest BCUT2D eigenvalue weighted by molar-refractivity contribution is -0.118. The van der Waals surface area contributed by atoms with Gasteiger partial charge in [-0.05, 0) is 99.7 Å². The Morgan fingerprint density at radius 1 is 0.923 bits per heavy atom. The van der Waals surface area contributed by atoms with Crippen LogP contribution in [0.4, 0.5) is 11.4 Å². The van der Waals surface area contributed by atoms with Crippen LogP contribution >= 0.6 is 24.0 Å². The van der Waals surface area contributed by atoms with Gasteiger partial charge in [-0.2, -0.15) is 0 Å². The van der Waals surface area contributed by atoms with Crippen molar-refractivity contribution < 1.29 is 19.1 Å². The SMILES string of the molecule is CCOc1cc(/C=C2\SC(=S)N(c3ccc(C)c(C)c3)C2=O)ccc1OCC(=O)Nc1c(C)cc(C)cc1C. The summed E-state index contributed by atoms with van der Waals surface area (Å²) in [4.78, 5) is 28.0. The maximum Gasteiger partial charge on any atom is 0.270 e. The molecule has 202 valence electrons. The third-order valence-electron chi connectivity index (χ3n) is 6.41. The maximum absolute atomic E-state index is 13.2. The zero-order valence-electron chi connectivity index (χ0n) is 23.0. The quantitative estimate of drug-likeness (QED) is 0.235. The molecule has 3 aromatic carbocycles. The summed E-state index contributed by atoms with van der Waals surface area (Å²) in [6.07, 6.45) is 1.79. The standard InChI is InChI=1S/C31H32N2O4S2/c1-7-36-26-15-23(16-27-30(35)33(31(38)39-27)24-10-8-19(3)20(4)14-24)9-11-25(26)37-17-28(34)32-29-21(5)12-18(2)13-22(29)6/h8-16H,7,17H2,1-6H3,(H,32,34)/b27-16-. The highest BCUT2D eigenvalue weighted by Gasteiger charge is 2.33. The van der Waals surface area contributed by atoms with E-state index in [0.29, 0.717) is 27.3 Å². The van der Waals surface area contributed by atoms with Crippen LogP contribution in [0.3, 0.4) is 0 Å². The first-order valence-corrected chi connectivity index (χ1v) is 13.9. The molecule has 8 heteroatoms. The monoisotopic (exact) mass is 560 g/mol. The lowest BCUT2D eigenvalue weighted by Crippen LogP contribution is -2.27. The summed E-state index contributed by atoms with van der Waals surface area (Å²) in [6.45, 7) is 12.1. The molecule has 1 aliphatic rings. The van der Waals surface area contributed by atoms with Gasteiger partial charge in [0.05, 0.1) is 17.2 Å². The third-order valence-corrected chi connectivity index (χ3v) is 7.71. The van der Waals surface area contributed by atoms with Gasteiger partial charge in [0.25, 0.3) is 11.8 Å². The topological polar surface area (TPSA) is 67.9 Å². The normalized spacial score (nSPS) is 14.2. The van der Waals surface area contributed by atoms with Crippen molar-refractivity contribution in [3.05, 3.63) is 86.8 Å². The van der Waals surface area contributed by atoms with Gasteiger partial charge in [-0.3, -0.25) is 14.5 Å². The van der Waals surface area contributed by atoms with Crippen molar-refractivity contribution in [2.75, 3.05) is 23.4 Å². The molecule has 1 fully saturated rings. The number of nitrogens with zero attached hydrogens (tertiary/aromatic N) is 1. The largest absolute Gasteiger partial charge is 0.490 e. The molecule has 1 aliphatic heterocycles. The molecule has 0 unspecified atom stereocenters. The fourth-order valence-electron chi connectivity index (χ4n) is 4.40. The highest BCUT2D eigenvalue weighted by Crippen LogP contribution is 2.38. The van der Waals surface area contributed by atoms with Crippen LogP contribution in [0.2, 0.25) is 0 Å². The molecule has 0 atom stereocenters. The number of thiocarbonyl (C=S) groups is 1. The van der Waals surface area contributed by atoms with Gasteiger partial charge in [-0.25, -0.2) is 0 Å². The van der Waals surface area contributed by atoms with Gasteiger partial charge in [0.2, 0.25) is 0 Å². The molecule has 0 aromatic heterocycles. The molecule has 1 heterocycles. The zero-order valence-corrected chi connectivity index (χ0v) is 24.6. The Morgan fingerprint density at radius 2 is 1.64 bits per heavy atom. The van der Waals surface area contributed by atoms with E-state index in [-0.39, 0.29) is 18.4 Å². The fourth-order valence-corrected chi connectivity index (χ4v) is 5.70. The molecule has 0 spiro atoms. The number of nitrogens with one attached hydrogen (secondary N) is 1. The van der Waals surface area contributed by atoms with Crippen molar-refractivity contribution in [3.63, 3.8) is 0 Å². The number of amides is 2. The minimum atomic E-state index is -0.258. The molecule has 4 rings (SSSR count). The van der Waals surface area contributed by atoms with E-state index in [9.17, 15) is 9.59 Å². The first-order chi connectivity index (χ1) is 18.6. The molecule has 0 bridgehead atoms.